The number of rotatable bonds is 4. The van der Waals surface area contributed by atoms with Gasteiger partial charge in [0.25, 0.3) is 0 Å². The Morgan fingerprint density at radius 2 is 2.50 bits per heavy atom. The van der Waals surface area contributed by atoms with Crippen LogP contribution in [0.5, 0.6) is 0 Å². The minimum absolute atomic E-state index is 0.262. The summed E-state index contributed by atoms with van der Waals surface area (Å²) >= 11 is 0. The molecule has 1 heterocycles. The Balaban J connectivity index is 2.13. The first-order chi connectivity index (χ1) is 8.60. The van der Waals surface area contributed by atoms with Gasteiger partial charge >= 0.3 is 5.97 Å². The Morgan fingerprint density at radius 1 is 1.72 bits per heavy atom. The molecule has 100 valence electrons. The Bertz CT molecular complexity index is 430. The standard InChI is InChI=1S/C13H21N3O2/c1-3-4-11-15-7-8-16(11)10-5-6-13(14,9-10)12(17)18-2/h7-8,10H,3-6,9,14H2,1-2H3. The Morgan fingerprint density at radius 3 is 3.17 bits per heavy atom. The van der Waals surface area contributed by atoms with Gasteiger partial charge in [-0.05, 0) is 25.7 Å². The molecule has 0 spiro atoms. The highest BCUT2D eigenvalue weighted by atomic mass is 16.5. The van der Waals surface area contributed by atoms with E-state index in [2.05, 4.69) is 16.5 Å². The van der Waals surface area contributed by atoms with E-state index in [0.29, 0.717) is 12.8 Å². The third kappa shape index (κ3) is 2.27. The van der Waals surface area contributed by atoms with Gasteiger partial charge < -0.3 is 15.0 Å². The van der Waals surface area contributed by atoms with E-state index in [1.807, 2.05) is 12.4 Å². The number of hydrogen-bond donors (Lipinski definition) is 1. The van der Waals surface area contributed by atoms with Crippen molar-refractivity contribution in [2.45, 2.75) is 50.6 Å². The van der Waals surface area contributed by atoms with Crippen molar-refractivity contribution < 1.29 is 9.53 Å². The van der Waals surface area contributed by atoms with Crippen molar-refractivity contribution in [2.75, 3.05) is 7.11 Å². The predicted molar refractivity (Wildman–Crippen MR) is 68.0 cm³/mol. The van der Waals surface area contributed by atoms with Crippen LogP contribution in [0.25, 0.3) is 0 Å². The van der Waals surface area contributed by atoms with Crippen LogP contribution in [0.1, 0.15) is 44.5 Å². The monoisotopic (exact) mass is 251 g/mol. The summed E-state index contributed by atoms with van der Waals surface area (Å²) in [6, 6.07) is 0.262. The van der Waals surface area contributed by atoms with Crippen molar-refractivity contribution in [3.63, 3.8) is 0 Å². The quantitative estimate of drug-likeness (QED) is 0.822. The SMILES string of the molecule is CCCc1nccn1C1CCC(N)(C(=O)OC)C1. The number of nitrogens with two attached hydrogens (primary N) is 1. The van der Waals surface area contributed by atoms with Crippen LogP contribution in [-0.4, -0.2) is 28.2 Å². The molecule has 2 N–H and O–H groups in total. The molecule has 1 fully saturated rings. The maximum atomic E-state index is 11.7. The molecular weight excluding hydrogens is 230 g/mol. The summed E-state index contributed by atoms with van der Waals surface area (Å²) in [6.45, 7) is 2.13. The summed E-state index contributed by atoms with van der Waals surface area (Å²) in [5.74, 6) is 0.777. The number of carbonyl (C=O) groups is 1. The molecule has 5 heteroatoms. The van der Waals surface area contributed by atoms with Crippen LogP contribution in [0.2, 0.25) is 0 Å². The minimum Gasteiger partial charge on any atom is -0.468 e. The smallest absolute Gasteiger partial charge is 0.325 e. The molecule has 0 amide bonds. The number of hydrogen-bond acceptors (Lipinski definition) is 4. The molecule has 2 rings (SSSR count). The zero-order chi connectivity index (χ0) is 13.2. The Hall–Kier alpha value is -1.36. The van der Waals surface area contributed by atoms with Gasteiger partial charge in [-0.3, -0.25) is 4.79 Å². The van der Waals surface area contributed by atoms with Gasteiger partial charge in [0.05, 0.1) is 7.11 Å². The molecule has 0 aromatic carbocycles. The summed E-state index contributed by atoms with van der Waals surface area (Å²) < 4.78 is 6.96. The number of aryl methyl sites for hydroxylation is 1. The number of nitrogens with zero attached hydrogens (tertiary/aromatic N) is 2. The molecule has 1 aliphatic rings. The number of ether oxygens (including phenoxy) is 1. The fourth-order valence-corrected chi connectivity index (χ4v) is 2.77. The van der Waals surface area contributed by atoms with Gasteiger partial charge in [0.15, 0.2) is 0 Å². The number of aromatic nitrogens is 2. The minimum atomic E-state index is -0.826. The van der Waals surface area contributed by atoms with Crippen LogP contribution >= 0.6 is 0 Å². The van der Waals surface area contributed by atoms with Gasteiger partial charge in [-0.15, -0.1) is 0 Å². The molecule has 5 nitrogen and oxygen atoms in total. The highest BCUT2D eigenvalue weighted by Gasteiger charge is 2.43. The van der Waals surface area contributed by atoms with E-state index in [1.165, 1.54) is 7.11 Å². The van der Waals surface area contributed by atoms with Crippen molar-refractivity contribution in [3.8, 4) is 0 Å². The molecule has 1 aliphatic carbocycles. The molecule has 18 heavy (non-hydrogen) atoms. The average Bonchev–Trinajstić information content (AvgIpc) is 2.96. The second-order valence-electron chi connectivity index (χ2n) is 5.05. The van der Waals surface area contributed by atoms with Gasteiger partial charge in [-0.25, -0.2) is 4.98 Å². The summed E-state index contributed by atoms with van der Waals surface area (Å²) in [4.78, 5) is 16.1. The van der Waals surface area contributed by atoms with Gasteiger partial charge in [-0.1, -0.05) is 6.92 Å². The van der Waals surface area contributed by atoms with Crippen LogP contribution in [0.15, 0.2) is 12.4 Å². The maximum Gasteiger partial charge on any atom is 0.325 e. The third-order valence-electron chi connectivity index (χ3n) is 3.73. The molecule has 0 saturated heterocycles. The molecule has 2 atom stereocenters. The van der Waals surface area contributed by atoms with Crippen molar-refractivity contribution in [3.05, 3.63) is 18.2 Å². The first-order valence-corrected chi connectivity index (χ1v) is 6.49. The van der Waals surface area contributed by atoms with E-state index < -0.39 is 5.54 Å². The number of carbonyl (C=O) groups excluding carboxylic acids is 1. The molecule has 0 bridgehead atoms. The van der Waals surface area contributed by atoms with E-state index >= 15 is 0 Å². The molecule has 1 saturated carbocycles. The first-order valence-electron chi connectivity index (χ1n) is 6.49. The fourth-order valence-electron chi connectivity index (χ4n) is 2.77. The second-order valence-corrected chi connectivity index (χ2v) is 5.05. The summed E-state index contributed by atoms with van der Waals surface area (Å²) in [5, 5.41) is 0. The van der Waals surface area contributed by atoms with Crippen LogP contribution in [0.3, 0.4) is 0 Å². The summed E-state index contributed by atoms with van der Waals surface area (Å²) in [5.41, 5.74) is 5.30. The van der Waals surface area contributed by atoms with Crippen molar-refractivity contribution in [1.82, 2.24) is 9.55 Å². The van der Waals surface area contributed by atoms with Gasteiger partial charge in [0.1, 0.15) is 11.4 Å². The molecule has 0 radical (unpaired) electrons. The number of esters is 1. The summed E-state index contributed by atoms with van der Waals surface area (Å²) in [6.07, 6.45) is 8.03. The third-order valence-corrected chi connectivity index (χ3v) is 3.73. The molecule has 2 unspecified atom stereocenters. The van der Waals surface area contributed by atoms with E-state index in [-0.39, 0.29) is 12.0 Å². The number of methoxy groups -OCH3 is 1. The molecule has 0 aliphatic heterocycles. The lowest BCUT2D eigenvalue weighted by Gasteiger charge is -2.21. The zero-order valence-corrected chi connectivity index (χ0v) is 11.1. The summed E-state index contributed by atoms with van der Waals surface area (Å²) in [7, 11) is 1.39. The van der Waals surface area contributed by atoms with Crippen molar-refractivity contribution in [1.29, 1.82) is 0 Å². The van der Waals surface area contributed by atoms with Gasteiger partial charge in [0.2, 0.25) is 0 Å². The van der Waals surface area contributed by atoms with Gasteiger partial charge in [-0.2, -0.15) is 0 Å². The molecular formula is C13H21N3O2. The fraction of sp³-hybridized carbons (Fsp3) is 0.692. The van der Waals surface area contributed by atoms with Crippen LogP contribution < -0.4 is 5.73 Å². The van der Waals surface area contributed by atoms with Crippen LogP contribution in [0.4, 0.5) is 0 Å². The normalized spacial score (nSPS) is 27.4. The lowest BCUT2D eigenvalue weighted by Crippen LogP contribution is -2.46. The van der Waals surface area contributed by atoms with Crippen LogP contribution in [0, 0.1) is 0 Å². The van der Waals surface area contributed by atoms with Gasteiger partial charge in [0, 0.05) is 24.9 Å². The van der Waals surface area contributed by atoms with E-state index in [0.717, 1.165) is 25.1 Å². The highest BCUT2D eigenvalue weighted by molar-refractivity contribution is 5.80. The predicted octanol–water partition coefficient (Wildman–Crippen LogP) is 1.43. The average molecular weight is 251 g/mol. The first kappa shape index (κ1) is 13.1. The lowest BCUT2D eigenvalue weighted by atomic mass is 9.99. The highest BCUT2D eigenvalue weighted by Crippen LogP contribution is 2.37. The largest absolute Gasteiger partial charge is 0.468 e. The number of imidazole rings is 1. The molecule has 1 aromatic rings. The van der Waals surface area contributed by atoms with E-state index in [9.17, 15) is 4.79 Å². The maximum absolute atomic E-state index is 11.7. The van der Waals surface area contributed by atoms with Crippen molar-refractivity contribution >= 4 is 5.97 Å². The second kappa shape index (κ2) is 5.10. The van der Waals surface area contributed by atoms with Crippen molar-refractivity contribution in [2.24, 2.45) is 5.73 Å². The van der Waals surface area contributed by atoms with Crippen LogP contribution in [-0.2, 0) is 16.0 Å². The molecule has 1 aromatic heterocycles. The Kier molecular flexibility index (Phi) is 3.71. The van der Waals surface area contributed by atoms with E-state index in [1.54, 1.807) is 0 Å². The topological polar surface area (TPSA) is 70.1 Å². The van der Waals surface area contributed by atoms with E-state index in [4.69, 9.17) is 10.5 Å². The zero-order valence-electron chi connectivity index (χ0n) is 11.1. The Labute approximate surface area is 107 Å². The lowest BCUT2D eigenvalue weighted by molar-refractivity contribution is -0.146.